The maximum absolute atomic E-state index is 4.36. The minimum atomic E-state index is -2.35. The predicted molar refractivity (Wildman–Crippen MR) is 173 cm³/mol. The van der Waals surface area contributed by atoms with Crippen molar-refractivity contribution >= 4 is 7.87 Å². The van der Waals surface area contributed by atoms with E-state index in [4.69, 9.17) is 0 Å². The van der Waals surface area contributed by atoms with Crippen LogP contribution in [0.5, 0.6) is 0 Å². The summed E-state index contributed by atoms with van der Waals surface area (Å²) >= 11 is 0. The fraction of sp³-hybridized carbons (Fsp3) is 0.333. The number of hydrogen-bond acceptors (Lipinski definition) is 4. The zero-order valence-corrected chi connectivity index (χ0v) is 25.6. The van der Waals surface area contributed by atoms with Crippen molar-refractivity contribution in [1.29, 1.82) is 0 Å². The van der Waals surface area contributed by atoms with Crippen molar-refractivity contribution in [3.05, 3.63) is 144 Å². The van der Waals surface area contributed by atoms with Crippen LogP contribution in [-0.2, 0) is 11.1 Å². The van der Waals surface area contributed by atoms with E-state index >= 15 is 0 Å². The van der Waals surface area contributed by atoms with Crippen molar-refractivity contribution in [2.24, 2.45) is 11.8 Å². The maximum atomic E-state index is 4.36. The Bertz CT molecular complexity index is 1220. The number of benzene rings is 4. The van der Waals surface area contributed by atoms with E-state index < -0.39 is 18.9 Å². The van der Waals surface area contributed by atoms with Gasteiger partial charge in [-0.2, -0.15) is 0 Å². The smallest absolute Gasteiger partial charge is 0.140 e. The molecule has 0 aromatic heterocycles. The number of hydrogen-bond donors (Lipinski definition) is 4. The third-order valence-electron chi connectivity index (χ3n) is 9.63. The molecule has 4 nitrogen and oxygen atoms in total. The minimum Gasteiger partial charge on any atom is -0.140 e. The minimum absolute atomic E-state index is 0.172. The highest BCUT2D eigenvalue weighted by atomic mass is 31.2. The first-order chi connectivity index (χ1) is 20.0. The molecule has 5 atom stereocenters. The van der Waals surface area contributed by atoms with Crippen LogP contribution in [-0.4, -0.2) is 12.1 Å². The van der Waals surface area contributed by atoms with E-state index in [-0.39, 0.29) is 12.1 Å². The Labute approximate surface area is 246 Å². The van der Waals surface area contributed by atoms with E-state index in [1.807, 2.05) is 0 Å². The predicted octanol–water partition coefficient (Wildman–Crippen LogP) is 7.77. The van der Waals surface area contributed by atoms with Crippen LogP contribution in [0.4, 0.5) is 0 Å². The highest BCUT2D eigenvalue weighted by Gasteiger charge is 2.71. The summed E-state index contributed by atoms with van der Waals surface area (Å²) in [6.07, 6.45) is 2.16. The molecule has 2 aliphatic heterocycles. The molecule has 4 aromatic rings. The second-order valence-electron chi connectivity index (χ2n) is 12.0. The van der Waals surface area contributed by atoms with Gasteiger partial charge in [0.2, 0.25) is 0 Å². The van der Waals surface area contributed by atoms with Gasteiger partial charge in [0.25, 0.3) is 0 Å². The third-order valence-corrected chi connectivity index (χ3v) is 12.3. The van der Waals surface area contributed by atoms with Crippen LogP contribution in [0, 0.1) is 11.8 Å². The van der Waals surface area contributed by atoms with Crippen molar-refractivity contribution in [2.75, 3.05) is 0 Å². The first-order valence-electron chi connectivity index (χ1n) is 15.2. The first-order valence-corrected chi connectivity index (χ1v) is 17.0. The number of nitrogens with one attached hydrogen (secondary N) is 4. The lowest BCUT2D eigenvalue weighted by Gasteiger charge is -2.36. The lowest BCUT2D eigenvalue weighted by atomic mass is 9.73. The molecule has 2 saturated heterocycles. The second-order valence-corrected chi connectivity index (χ2v) is 14.3. The average Bonchev–Trinajstić information content (AvgIpc) is 3.58. The summed E-state index contributed by atoms with van der Waals surface area (Å²) in [5.74, 6) is 0.854. The van der Waals surface area contributed by atoms with Gasteiger partial charge >= 0.3 is 7.87 Å². The van der Waals surface area contributed by atoms with Crippen LogP contribution in [0.3, 0.4) is 0 Å². The normalized spacial score (nSPS) is 26.1. The standard InChI is InChI=1S/C36H44N4P/c1-5-27(3)33-35(29-19-11-7-12-20-29,30-21-13-8-14-22-30)39-41(37-33)38-34(28(4)6-2)36(40-41,31-23-15-9-16-24-31)32-25-17-10-18-26-32/h7-28,33-34,37-40H,5-6H2,1-4H3/q+1/t27-,28-,33-,34+,41?/m0/s1. The Kier molecular flexibility index (Phi) is 7.89. The highest BCUT2D eigenvalue weighted by molar-refractivity contribution is 7.69. The van der Waals surface area contributed by atoms with E-state index in [1.165, 1.54) is 22.3 Å². The van der Waals surface area contributed by atoms with E-state index in [2.05, 4.69) is 169 Å². The Balaban J connectivity index is 1.58. The topological polar surface area (TPSA) is 48.1 Å². The molecule has 1 spiro atoms. The Morgan fingerprint density at radius 1 is 0.512 bits per heavy atom. The van der Waals surface area contributed by atoms with Crippen molar-refractivity contribution in [3.63, 3.8) is 0 Å². The summed E-state index contributed by atoms with van der Waals surface area (Å²) in [6, 6.07) is 44.6. The van der Waals surface area contributed by atoms with E-state index in [0.29, 0.717) is 11.8 Å². The summed E-state index contributed by atoms with van der Waals surface area (Å²) in [6.45, 7) is 9.41. The van der Waals surface area contributed by atoms with Gasteiger partial charge in [0.05, 0.1) is 12.1 Å². The lowest BCUT2D eigenvalue weighted by Crippen LogP contribution is -2.50. The van der Waals surface area contributed by atoms with Crippen LogP contribution >= 0.6 is 7.87 Å². The molecular formula is C36H44N4P+. The molecule has 4 N–H and O–H groups in total. The summed E-state index contributed by atoms with van der Waals surface area (Å²) in [4.78, 5) is 0. The molecule has 212 valence electrons. The van der Waals surface area contributed by atoms with Gasteiger partial charge in [-0.15, -0.1) is 20.3 Å². The van der Waals surface area contributed by atoms with Crippen molar-refractivity contribution in [2.45, 2.75) is 63.7 Å². The maximum Gasteiger partial charge on any atom is 0.301 e. The van der Waals surface area contributed by atoms with Gasteiger partial charge < -0.3 is 0 Å². The van der Waals surface area contributed by atoms with Gasteiger partial charge in [0.15, 0.2) is 0 Å². The van der Waals surface area contributed by atoms with E-state index in [9.17, 15) is 0 Å². The van der Waals surface area contributed by atoms with Gasteiger partial charge in [-0.3, -0.25) is 0 Å². The molecule has 6 rings (SSSR count). The van der Waals surface area contributed by atoms with Crippen LogP contribution in [0.15, 0.2) is 121 Å². The van der Waals surface area contributed by atoms with Crippen molar-refractivity contribution in [1.82, 2.24) is 20.3 Å². The summed E-state index contributed by atoms with van der Waals surface area (Å²) in [5, 5.41) is 17.3. The lowest BCUT2D eigenvalue weighted by molar-refractivity contribution is 0.302. The van der Waals surface area contributed by atoms with Gasteiger partial charge in [-0.25, -0.2) is 0 Å². The fourth-order valence-corrected chi connectivity index (χ4v) is 11.1. The van der Waals surface area contributed by atoms with Gasteiger partial charge in [0, 0.05) is 0 Å². The molecule has 0 radical (unpaired) electrons. The zero-order chi connectivity index (χ0) is 28.5. The largest absolute Gasteiger partial charge is 0.301 e. The fourth-order valence-electron chi connectivity index (χ4n) is 7.17. The van der Waals surface area contributed by atoms with E-state index in [1.54, 1.807) is 0 Å². The molecule has 0 amide bonds. The summed E-state index contributed by atoms with van der Waals surface area (Å²) in [7, 11) is -2.35. The van der Waals surface area contributed by atoms with Crippen LogP contribution in [0.1, 0.15) is 62.8 Å². The molecule has 0 bridgehead atoms. The van der Waals surface area contributed by atoms with Gasteiger partial charge in [-0.05, 0) is 34.1 Å². The Morgan fingerprint density at radius 2 is 0.780 bits per heavy atom. The average molecular weight is 564 g/mol. The molecular weight excluding hydrogens is 519 g/mol. The Hall–Kier alpha value is -2.85. The molecule has 0 aliphatic carbocycles. The van der Waals surface area contributed by atoms with Crippen molar-refractivity contribution < 1.29 is 0 Å². The van der Waals surface area contributed by atoms with Gasteiger partial charge in [0.1, 0.15) is 11.1 Å². The first kappa shape index (κ1) is 28.3. The molecule has 41 heavy (non-hydrogen) atoms. The molecule has 1 unspecified atom stereocenters. The van der Waals surface area contributed by atoms with Crippen LogP contribution in [0.25, 0.3) is 0 Å². The molecule has 2 fully saturated rings. The van der Waals surface area contributed by atoms with Crippen LogP contribution in [0.2, 0.25) is 0 Å². The molecule has 0 saturated carbocycles. The monoisotopic (exact) mass is 563 g/mol. The van der Waals surface area contributed by atoms with Crippen molar-refractivity contribution in [3.8, 4) is 0 Å². The Morgan fingerprint density at radius 3 is 1.02 bits per heavy atom. The molecule has 5 heteroatoms. The SMILES string of the molecule is CC[C@H](C)[C@H]1N[P+]2(N[C@@H]([C@@H](C)CC)C(c3ccccc3)(c3ccccc3)N2)NC1(c1ccccc1)c1ccccc1. The summed E-state index contributed by atoms with van der Waals surface area (Å²) < 4.78 is 0. The molecule has 4 aromatic carbocycles. The quantitative estimate of drug-likeness (QED) is 0.166. The van der Waals surface area contributed by atoms with Crippen LogP contribution < -0.4 is 20.3 Å². The molecule has 2 heterocycles. The zero-order valence-electron chi connectivity index (χ0n) is 24.7. The van der Waals surface area contributed by atoms with E-state index in [0.717, 1.165) is 12.8 Å². The number of rotatable bonds is 8. The highest BCUT2D eigenvalue weighted by Crippen LogP contribution is 2.65. The second kappa shape index (κ2) is 11.4. The summed E-state index contributed by atoms with van der Waals surface area (Å²) in [5.41, 5.74) is 4.36. The van der Waals surface area contributed by atoms with Gasteiger partial charge in [-0.1, -0.05) is 162 Å². The third kappa shape index (κ3) is 4.67. The molecule has 2 aliphatic rings.